The van der Waals surface area contributed by atoms with Crippen molar-refractivity contribution in [3.8, 4) is 17.9 Å². The van der Waals surface area contributed by atoms with Crippen molar-refractivity contribution in [2.45, 2.75) is 0 Å². The Balaban J connectivity index is 1.98. The summed E-state index contributed by atoms with van der Waals surface area (Å²) in [7, 11) is 0. The van der Waals surface area contributed by atoms with Crippen molar-refractivity contribution >= 4 is 5.69 Å². The second kappa shape index (κ2) is 6.13. The van der Waals surface area contributed by atoms with Gasteiger partial charge < -0.3 is 5.32 Å². The number of hydrogen-bond donors (Lipinski definition) is 1. The zero-order valence-electron chi connectivity index (χ0n) is 9.85. The number of anilines is 1. The highest BCUT2D eigenvalue weighted by molar-refractivity contribution is 5.57. The van der Waals surface area contributed by atoms with Crippen LogP contribution in [0.25, 0.3) is 0 Å². The average molecular weight is 232 g/mol. The minimum atomic E-state index is 0.521. The number of nitriles is 1. The van der Waals surface area contributed by atoms with Gasteiger partial charge in [0.2, 0.25) is 0 Å². The van der Waals surface area contributed by atoms with Crippen LogP contribution >= 0.6 is 0 Å². The lowest BCUT2D eigenvalue weighted by molar-refractivity contribution is 1.36. The van der Waals surface area contributed by atoms with Crippen LogP contribution in [0.4, 0.5) is 5.69 Å². The molecule has 0 fully saturated rings. The van der Waals surface area contributed by atoms with Gasteiger partial charge in [0.1, 0.15) is 6.07 Å². The Morgan fingerprint density at radius 3 is 2.44 bits per heavy atom. The smallest absolute Gasteiger partial charge is 0.101 e. The van der Waals surface area contributed by atoms with E-state index in [0.717, 1.165) is 11.3 Å². The standard InChI is InChI=1S/C16H12N2/c17-13-15-10-4-5-11-16(15)18-12-6-9-14-7-2-1-3-8-14/h1-5,7-8,10-11,18H,12H2. The zero-order chi connectivity index (χ0) is 12.6. The van der Waals surface area contributed by atoms with Gasteiger partial charge in [0.05, 0.1) is 17.8 Å². The molecule has 2 rings (SSSR count). The Hall–Kier alpha value is -2.71. The molecule has 86 valence electrons. The predicted molar refractivity (Wildman–Crippen MR) is 73.0 cm³/mol. The average Bonchev–Trinajstić information content (AvgIpc) is 2.45. The Morgan fingerprint density at radius 1 is 0.944 bits per heavy atom. The van der Waals surface area contributed by atoms with E-state index in [9.17, 15) is 0 Å². The molecule has 0 heterocycles. The summed E-state index contributed by atoms with van der Waals surface area (Å²) in [5.41, 5.74) is 2.45. The molecule has 2 nitrogen and oxygen atoms in total. The highest BCUT2D eigenvalue weighted by Crippen LogP contribution is 2.12. The van der Waals surface area contributed by atoms with E-state index < -0.39 is 0 Å². The number of nitrogens with one attached hydrogen (secondary N) is 1. The third-order valence-electron chi connectivity index (χ3n) is 2.42. The first-order valence-corrected chi connectivity index (χ1v) is 5.67. The second-order valence-corrected chi connectivity index (χ2v) is 3.68. The number of nitrogens with zero attached hydrogens (tertiary/aromatic N) is 1. The van der Waals surface area contributed by atoms with E-state index >= 15 is 0 Å². The molecule has 0 spiro atoms. The fourth-order valence-electron chi connectivity index (χ4n) is 1.54. The van der Waals surface area contributed by atoms with Gasteiger partial charge in [0.25, 0.3) is 0 Å². The molecule has 0 aliphatic carbocycles. The summed E-state index contributed by atoms with van der Waals surface area (Å²) in [6, 6.07) is 19.4. The molecule has 0 radical (unpaired) electrons. The molecule has 0 unspecified atom stereocenters. The van der Waals surface area contributed by atoms with Gasteiger partial charge in [0, 0.05) is 5.56 Å². The topological polar surface area (TPSA) is 35.8 Å². The zero-order valence-corrected chi connectivity index (χ0v) is 9.85. The van der Waals surface area contributed by atoms with E-state index in [4.69, 9.17) is 5.26 Å². The van der Waals surface area contributed by atoms with Crippen LogP contribution in [-0.2, 0) is 0 Å². The fourth-order valence-corrected chi connectivity index (χ4v) is 1.54. The first kappa shape index (κ1) is 11.8. The second-order valence-electron chi connectivity index (χ2n) is 3.68. The molecule has 0 aliphatic heterocycles. The number of benzene rings is 2. The van der Waals surface area contributed by atoms with Crippen molar-refractivity contribution in [3.05, 3.63) is 65.7 Å². The van der Waals surface area contributed by atoms with E-state index in [2.05, 4.69) is 23.2 Å². The Labute approximate surface area is 107 Å². The summed E-state index contributed by atoms with van der Waals surface area (Å²) in [6.07, 6.45) is 0. The molecular formula is C16H12N2. The molecule has 0 aliphatic rings. The van der Waals surface area contributed by atoms with Crippen LogP contribution in [-0.4, -0.2) is 6.54 Å². The van der Waals surface area contributed by atoms with Gasteiger partial charge in [0.15, 0.2) is 0 Å². The number of para-hydroxylation sites is 1. The number of rotatable bonds is 2. The maximum Gasteiger partial charge on any atom is 0.101 e. The third-order valence-corrected chi connectivity index (χ3v) is 2.42. The van der Waals surface area contributed by atoms with Gasteiger partial charge in [-0.15, -0.1) is 0 Å². The molecule has 0 bridgehead atoms. The molecule has 0 amide bonds. The Bertz CT molecular complexity index is 613. The van der Waals surface area contributed by atoms with Crippen molar-refractivity contribution in [1.29, 1.82) is 5.26 Å². The van der Waals surface area contributed by atoms with Crippen LogP contribution in [0.3, 0.4) is 0 Å². The van der Waals surface area contributed by atoms with Crippen LogP contribution in [0, 0.1) is 23.2 Å². The van der Waals surface area contributed by atoms with Crippen LogP contribution in [0.2, 0.25) is 0 Å². The summed E-state index contributed by atoms with van der Waals surface area (Å²) in [6.45, 7) is 0.521. The van der Waals surface area contributed by atoms with E-state index in [1.807, 2.05) is 48.5 Å². The van der Waals surface area contributed by atoms with Gasteiger partial charge in [-0.1, -0.05) is 42.2 Å². The van der Waals surface area contributed by atoms with E-state index in [1.54, 1.807) is 6.07 Å². The van der Waals surface area contributed by atoms with Gasteiger partial charge in [-0.3, -0.25) is 0 Å². The highest BCUT2D eigenvalue weighted by Gasteiger charge is 1.97. The molecule has 2 heteroatoms. The van der Waals surface area contributed by atoms with Crippen molar-refractivity contribution in [2.24, 2.45) is 0 Å². The lowest BCUT2D eigenvalue weighted by atomic mass is 10.2. The molecule has 2 aromatic rings. The van der Waals surface area contributed by atoms with Crippen molar-refractivity contribution < 1.29 is 0 Å². The molecule has 2 aromatic carbocycles. The highest BCUT2D eigenvalue weighted by atomic mass is 14.9. The number of hydrogen-bond acceptors (Lipinski definition) is 2. The molecule has 0 saturated heterocycles. The lowest BCUT2D eigenvalue weighted by Gasteiger charge is -2.03. The quantitative estimate of drug-likeness (QED) is 0.808. The third kappa shape index (κ3) is 3.14. The largest absolute Gasteiger partial charge is 0.373 e. The van der Waals surface area contributed by atoms with E-state index in [0.29, 0.717) is 12.1 Å². The molecule has 1 N–H and O–H groups in total. The summed E-state index contributed by atoms with van der Waals surface area (Å²) >= 11 is 0. The van der Waals surface area contributed by atoms with Gasteiger partial charge in [-0.25, -0.2) is 0 Å². The van der Waals surface area contributed by atoms with Crippen LogP contribution < -0.4 is 5.32 Å². The fraction of sp³-hybridized carbons (Fsp3) is 0.0625. The Morgan fingerprint density at radius 2 is 1.67 bits per heavy atom. The molecule has 0 aromatic heterocycles. The molecule has 18 heavy (non-hydrogen) atoms. The summed E-state index contributed by atoms with van der Waals surface area (Å²) in [5, 5.41) is 12.1. The minimum absolute atomic E-state index is 0.521. The minimum Gasteiger partial charge on any atom is -0.373 e. The Kier molecular flexibility index (Phi) is 4.01. The van der Waals surface area contributed by atoms with Crippen molar-refractivity contribution in [3.63, 3.8) is 0 Å². The van der Waals surface area contributed by atoms with Crippen molar-refractivity contribution in [1.82, 2.24) is 0 Å². The normalized spacial score (nSPS) is 8.83. The monoisotopic (exact) mass is 232 g/mol. The molecule has 0 saturated carbocycles. The molecule has 0 atom stereocenters. The molecular weight excluding hydrogens is 220 g/mol. The summed E-state index contributed by atoms with van der Waals surface area (Å²) in [5.74, 6) is 6.09. The SMILES string of the molecule is N#Cc1ccccc1NCC#Cc1ccccc1. The van der Waals surface area contributed by atoms with E-state index in [1.165, 1.54) is 0 Å². The van der Waals surface area contributed by atoms with Crippen LogP contribution in [0.15, 0.2) is 54.6 Å². The maximum atomic E-state index is 8.93. The van der Waals surface area contributed by atoms with Crippen LogP contribution in [0.5, 0.6) is 0 Å². The van der Waals surface area contributed by atoms with Crippen molar-refractivity contribution in [2.75, 3.05) is 11.9 Å². The van der Waals surface area contributed by atoms with Gasteiger partial charge in [-0.05, 0) is 24.3 Å². The van der Waals surface area contributed by atoms with Gasteiger partial charge >= 0.3 is 0 Å². The van der Waals surface area contributed by atoms with E-state index in [-0.39, 0.29) is 0 Å². The first-order valence-electron chi connectivity index (χ1n) is 5.67. The first-order chi connectivity index (χ1) is 8.90. The predicted octanol–water partition coefficient (Wildman–Crippen LogP) is 3.02. The summed E-state index contributed by atoms with van der Waals surface area (Å²) in [4.78, 5) is 0. The summed E-state index contributed by atoms with van der Waals surface area (Å²) < 4.78 is 0. The van der Waals surface area contributed by atoms with Crippen LogP contribution in [0.1, 0.15) is 11.1 Å². The maximum absolute atomic E-state index is 8.93. The lowest BCUT2D eigenvalue weighted by Crippen LogP contribution is -2.00. The van der Waals surface area contributed by atoms with Gasteiger partial charge in [-0.2, -0.15) is 5.26 Å².